The van der Waals surface area contributed by atoms with Gasteiger partial charge in [0.2, 0.25) is 11.8 Å². The number of rotatable bonds is 8. The molecule has 2 amide bonds. The molecule has 1 saturated carbocycles. The van der Waals surface area contributed by atoms with Crippen LogP contribution in [0, 0.1) is 0 Å². The first-order valence-corrected chi connectivity index (χ1v) is 8.07. The first kappa shape index (κ1) is 15.7. The van der Waals surface area contributed by atoms with Crippen LogP contribution < -0.4 is 15.4 Å². The lowest BCUT2D eigenvalue weighted by Gasteiger charge is -2.06. The van der Waals surface area contributed by atoms with Gasteiger partial charge in [-0.3, -0.25) is 9.59 Å². The fourth-order valence-electron chi connectivity index (χ4n) is 1.68. The van der Waals surface area contributed by atoms with Gasteiger partial charge in [-0.2, -0.15) is 0 Å². The van der Waals surface area contributed by atoms with Crippen molar-refractivity contribution in [2.24, 2.45) is 0 Å². The van der Waals surface area contributed by atoms with Crippen LogP contribution in [0.15, 0.2) is 29.2 Å². The predicted octanol–water partition coefficient (Wildman–Crippen LogP) is 1.57. The highest BCUT2D eigenvalue weighted by atomic mass is 32.2. The third kappa shape index (κ3) is 6.08. The molecule has 0 spiro atoms. The Bertz CT molecular complexity index is 486. The zero-order chi connectivity index (χ0) is 15.1. The van der Waals surface area contributed by atoms with Crippen molar-refractivity contribution in [1.29, 1.82) is 0 Å². The third-order valence-electron chi connectivity index (χ3n) is 2.89. The van der Waals surface area contributed by atoms with E-state index in [0.717, 1.165) is 23.5 Å². The Hall–Kier alpha value is -1.69. The molecule has 0 saturated heterocycles. The average molecular weight is 308 g/mol. The van der Waals surface area contributed by atoms with E-state index >= 15 is 0 Å². The number of benzene rings is 1. The normalized spacial score (nSPS) is 13.6. The molecule has 0 unspecified atom stereocenters. The van der Waals surface area contributed by atoms with Gasteiger partial charge in [-0.1, -0.05) is 0 Å². The number of carbonyl (C=O) groups excluding carboxylic acids is 2. The van der Waals surface area contributed by atoms with Crippen LogP contribution >= 0.6 is 11.8 Å². The first-order chi connectivity index (χ1) is 10.2. The fraction of sp³-hybridized carbons (Fsp3) is 0.467. The molecule has 2 N–H and O–H groups in total. The molecule has 0 atom stereocenters. The van der Waals surface area contributed by atoms with Crippen molar-refractivity contribution in [1.82, 2.24) is 10.6 Å². The molecule has 0 heterocycles. The molecule has 0 radical (unpaired) electrons. The smallest absolute Gasteiger partial charge is 0.239 e. The van der Waals surface area contributed by atoms with E-state index in [1.165, 1.54) is 11.8 Å². The molecular weight excluding hydrogens is 288 g/mol. The van der Waals surface area contributed by atoms with Crippen LogP contribution in [0.2, 0.25) is 0 Å². The van der Waals surface area contributed by atoms with Gasteiger partial charge in [0.25, 0.3) is 0 Å². The van der Waals surface area contributed by atoms with Crippen LogP contribution in [-0.2, 0) is 9.59 Å². The Kier molecular flexibility index (Phi) is 5.92. The Morgan fingerprint density at radius 3 is 2.57 bits per heavy atom. The van der Waals surface area contributed by atoms with Gasteiger partial charge in [0.05, 0.1) is 18.9 Å². The maximum Gasteiger partial charge on any atom is 0.239 e. The Morgan fingerprint density at radius 2 is 1.95 bits per heavy atom. The van der Waals surface area contributed by atoms with Crippen LogP contribution in [0.5, 0.6) is 5.75 Å². The van der Waals surface area contributed by atoms with E-state index in [-0.39, 0.29) is 18.4 Å². The van der Waals surface area contributed by atoms with Gasteiger partial charge >= 0.3 is 0 Å². The summed E-state index contributed by atoms with van der Waals surface area (Å²) in [6.07, 6.45) is 2.10. The standard InChI is InChI=1S/C15H20N2O3S/c1-2-20-12-5-7-13(8-6-12)21-10-15(19)16-9-14(18)17-11-3-4-11/h5-8,11H,2-4,9-10H2,1H3,(H,16,19)(H,17,18). The van der Waals surface area contributed by atoms with E-state index in [9.17, 15) is 9.59 Å². The molecule has 114 valence electrons. The lowest BCUT2D eigenvalue weighted by Crippen LogP contribution is -2.38. The van der Waals surface area contributed by atoms with Crippen LogP contribution in [0.1, 0.15) is 19.8 Å². The van der Waals surface area contributed by atoms with Gasteiger partial charge in [-0.05, 0) is 44.0 Å². The monoisotopic (exact) mass is 308 g/mol. The molecule has 5 nitrogen and oxygen atoms in total. The van der Waals surface area contributed by atoms with Gasteiger partial charge in [0.1, 0.15) is 5.75 Å². The third-order valence-corrected chi connectivity index (χ3v) is 3.91. The number of hydrogen-bond acceptors (Lipinski definition) is 4. The fourth-order valence-corrected chi connectivity index (χ4v) is 2.41. The first-order valence-electron chi connectivity index (χ1n) is 7.09. The van der Waals surface area contributed by atoms with Crippen molar-refractivity contribution in [2.75, 3.05) is 18.9 Å². The SMILES string of the molecule is CCOc1ccc(SCC(=O)NCC(=O)NC2CC2)cc1. The second-order valence-electron chi connectivity index (χ2n) is 4.81. The summed E-state index contributed by atoms with van der Waals surface area (Å²) in [5, 5.41) is 5.45. The summed E-state index contributed by atoms with van der Waals surface area (Å²) in [4.78, 5) is 24.1. The maximum atomic E-state index is 11.7. The van der Waals surface area contributed by atoms with Crippen LogP contribution in [-0.4, -0.2) is 36.8 Å². The summed E-state index contributed by atoms with van der Waals surface area (Å²) in [6.45, 7) is 2.63. The molecule has 1 aliphatic rings. The average Bonchev–Trinajstić information content (AvgIpc) is 3.28. The van der Waals surface area contributed by atoms with Crippen LogP contribution in [0.4, 0.5) is 0 Å². The number of amides is 2. The Morgan fingerprint density at radius 1 is 1.24 bits per heavy atom. The molecule has 0 aliphatic heterocycles. The van der Waals surface area contributed by atoms with E-state index in [1.807, 2.05) is 31.2 Å². The molecule has 1 fully saturated rings. The molecule has 6 heteroatoms. The van der Waals surface area contributed by atoms with Gasteiger partial charge in [-0.25, -0.2) is 0 Å². The second kappa shape index (κ2) is 7.93. The molecule has 0 bridgehead atoms. The lowest BCUT2D eigenvalue weighted by atomic mass is 10.3. The van der Waals surface area contributed by atoms with E-state index < -0.39 is 0 Å². The largest absolute Gasteiger partial charge is 0.494 e. The summed E-state index contributed by atoms with van der Waals surface area (Å²) in [5.41, 5.74) is 0. The quantitative estimate of drug-likeness (QED) is 0.715. The zero-order valence-corrected chi connectivity index (χ0v) is 12.9. The lowest BCUT2D eigenvalue weighted by molar-refractivity contribution is -0.124. The number of ether oxygens (including phenoxy) is 1. The summed E-state index contributed by atoms with van der Waals surface area (Å²) in [5.74, 6) is 0.866. The van der Waals surface area contributed by atoms with Crippen molar-refractivity contribution < 1.29 is 14.3 Å². The minimum atomic E-state index is -0.139. The minimum absolute atomic E-state index is 0.0547. The molecule has 1 aromatic carbocycles. The van der Waals surface area contributed by atoms with E-state index in [0.29, 0.717) is 18.4 Å². The highest BCUT2D eigenvalue weighted by molar-refractivity contribution is 8.00. The summed E-state index contributed by atoms with van der Waals surface area (Å²) < 4.78 is 5.36. The highest BCUT2D eigenvalue weighted by Gasteiger charge is 2.23. The molecule has 21 heavy (non-hydrogen) atoms. The molecule has 0 aromatic heterocycles. The van der Waals surface area contributed by atoms with Crippen LogP contribution in [0.25, 0.3) is 0 Å². The number of nitrogens with one attached hydrogen (secondary N) is 2. The van der Waals surface area contributed by atoms with Crippen molar-refractivity contribution in [3.63, 3.8) is 0 Å². The summed E-state index contributed by atoms with van der Waals surface area (Å²) in [6, 6.07) is 7.93. The molecule has 1 aromatic rings. The van der Waals surface area contributed by atoms with Crippen molar-refractivity contribution >= 4 is 23.6 Å². The van der Waals surface area contributed by atoms with Gasteiger partial charge < -0.3 is 15.4 Å². The van der Waals surface area contributed by atoms with Crippen molar-refractivity contribution in [3.8, 4) is 5.75 Å². The van der Waals surface area contributed by atoms with E-state index in [4.69, 9.17) is 4.74 Å². The van der Waals surface area contributed by atoms with Crippen molar-refractivity contribution in [2.45, 2.75) is 30.7 Å². The van der Waals surface area contributed by atoms with Gasteiger partial charge in [-0.15, -0.1) is 11.8 Å². The number of thioether (sulfide) groups is 1. The molecule has 2 rings (SSSR count). The van der Waals surface area contributed by atoms with Gasteiger partial charge in [0.15, 0.2) is 0 Å². The Balaban J connectivity index is 1.64. The minimum Gasteiger partial charge on any atom is -0.494 e. The maximum absolute atomic E-state index is 11.7. The van der Waals surface area contributed by atoms with E-state index in [1.54, 1.807) is 0 Å². The zero-order valence-electron chi connectivity index (χ0n) is 12.1. The second-order valence-corrected chi connectivity index (χ2v) is 5.86. The number of carbonyl (C=O) groups is 2. The van der Waals surface area contributed by atoms with Gasteiger partial charge in [0, 0.05) is 10.9 Å². The molecule has 1 aliphatic carbocycles. The van der Waals surface area contributed by atoms with Crippen molar-refractivity contribution in [3.05, 3.63) is 24.3 Å². The number of hydrogen-bond donors (Lipinski definition) is 2. The summed E-state index contributed by atoms with van der Waals surface area (Å²) >= 11 is 1.43. The molecular formula is C15H20N2O3S. The van der Waals surface area contributed by atoms with E-state index in [2.05, 4.69) is 10.6 Å². The topological polar surface area (TPSA) is 67.4 Å². The highest BCUT2D eigenvalue weighted by Crippen LogP contribution is 2.21. The predicted molar refractivity (Wildman–Crippen MR) is 82.5 cm³/mol. The Labute approximate surface area is 128 Å². The summed E-state index contributed by atoms with van der Waals surface area (Å²) in [7, 11) is 0. The van der Waals surface area contributed by atoms with Crippen LogP contribution in [0.3, 0.4) is 0 Å².